The molecule has 4 nitrogen and oxygen atoms in total. The van der Waals surface area contributed by atoms with Crippen molar-refractivity contribution in [3.8, 4) is 0 Å². The summed E-state index contributed by atoms with van der Waals surface area (Å²) in [6, 6.07) is 1.66. The van der Waals surface area contributed by atoms with Gasteiger partial charge in [0, 0.05) is 4.47 Å². The molecule has 1 aromatic rings. The van der Waals surface area contributed by atoms with Gasteiger partial charge < -0.3 is 9.66 Å². The third-order valence-corrected chi connectivity index (χ3v) is 2.79. The molecule has 0 saturated heterocycles. The summed E-state index contributed by atoms with van der Waals surface area (Å²) in [6.07, 6.45) is 0. The highest BCUT2D eigenvalue weighted by atomic mass is 79.9. The molecule has 7 heteroatoms. The van der Waals surface area contributed by atoms with Crippen molar-refractivity contribution >= 4 is 33.0 Å². The average Bonchev–Trinajstić information content (AvgIpc) is 2.02. The van der Waals surface area contributed by atoms with E-state index >= 15 is 0 Å². The van der Waals surface area contributed by atoms with Crippen LogP contribution in [0, 0.1) is 5.82 Å². The number of rotatable bonds is 2. The van der Waals surface area contributed by atoms with Gasteiger partial charge in [-0.15, -0.1) is 0 Å². The van der Waals surface area contributed by atoms with Crippen molar-refractivity contribution in [3.63, 3.8) is 0 Å². The molecule has 0 aliphatic carbocycles. The van der Waals surface area contributed by atoms with Crippen LogP contribution in [0.25, 0.3) is 0 Å². The molecule has 0 heterocycles. The minimum Gasteiger partial charge on any atom is -0.478 e. The van der Waals surface area contributed by atoms with Gasteiger partial charge in [0.2, 0.25) is 0 Å². The topological polar surface area (TPSA) is 74.6 Å². The van der Waals surface area contributed by atoms with Crippen molar-refractivity contribution in [2.24, 2.45) is 0 Å². The molecular weight excluding hydrogens is 279 g/mol. The second-order valence-electron chi connectivity index (χ2n) is 2.32. The number of carboxylic acids is 1. The lowest BCUT2D eigenvalue weighted by molar-refractivity contribution is 0.0695. The van der Waals surface area contributed by atoms with Crippen molar-refractivity contribution in [1.29, 1.82) is 0 Å². The molecule has 0 radical (unpaired) electrons. The average molecular weight is 283 g/mol. The number of halogens is 2. The number of hydrogen-bond donors (Lipinski definition) is 2. The summed E-state index contributed by atoms with van der Waals surface area (Å²) in [5.74, 6) is -2.23. The molecule has 1 atom stereocenters. The lowest BCUT2D eigenvalue weighted by Crippen LogP contribution is -2.02. The van der Waals surface area contributed by atoms with Crippen molar-refractivity contribution < 1.29 is 23.1 Å². The van der Waals surface area contributed by atoms with Gasteiger partial charge >= 0.3 is 5.97 Å². The molecule has 0 aliphatic heterocycles. The van der Waals surface area contributed by atoms with E-state index in [9.17, 15) is 13.4 Å². The van der Waals surface area contributed by atoms with Crippen LogP contribution >= 0.6 is 15.9 Å². The summed E-state index contributed by atoms with van der Waals surface area (Å²) in [7, 11) is 0. The summed E-state index contributed by atoms with van der Waals surface area (Å²) >= 11 is 0.295. The first-order valence-corrected chi connectivity index (χ1v) is 5.16. The molecule has 0 saturated carbocycles. The first-order chi connectivity index (χ1) is 6.43. The summed E-state index contributed by atoms with van der Waals surface area (Å²) < 4.78 is 32.2. The summed E-state index contributed by atoms with van der Waals surface area (Å²) in [4.78, 5) is 10.0. The Morgan fingerprint density at radius 3 is 2.50 bits per heavy atom. The quantitative estimate of drug-likeness (QED) is 0.812. The van der Waals surface area contributed by atoms with E-state index in [1.165, 1.54) is 0 Å². The molecule has 0 fully saturated rings. The molecule has 0 bridgehead atoms. The molecule has 0 spiro atoms. The maximum Gasteiger partial charge on any atom is 0.336 e. The number of aromatic carboxylic acids is 1. The Bertz CT molecular complexity index is 385. The standard InChI is InChI=1S/C7H4BrFO4S/c8-4-2-5(9)6(14(12)13)1-3(4)7(10)11/h1-2H,(H,10,11)(H,12,13). The molecule has 1 rings (SSSR count). The Morgan fingerprint density at radius 1 is 1.50 bits per heavy atom. The highest BCUT2D eigenvalue weighted by Gasteiger charge is 2.16. The minimum atomic E-state index is -2.53. The van der Waals surface area contributed by atoms with E-state index in [2.05, 4.69) is 15.9 Å². The normalized spacial score (nSPS) is 12.5. The molecular formula is C7H4BrFO4S. The van der Waals surface area contributed by atoms with Gasteiger partial charge in [-0.2, -0.15) is 0 Å². The molecule has 2 N–H and O–H groups in total. The Labute approximate surface area is 89.2 Å². The number of benzene rings is 1. The van der Waals surface area contributed by atoms with E-state index in [1.807, 2.05) is 0 Å². The van der Waals surface area contributed by atoms with Crippen LogP contribution in [0.2, 0.25) is 0 Å². The van der Waals surface area contributed by atoms with Crippen LogP contribution in [0.3, 0.4) is 0 Å². The smallest absolute Gasteiger partial charge is 0.336 e. The van der Waals surface area contributed by atoms with Gasteiger partial charge in [0.1, 0.15) is 10.7 Å². The van der Waals surface area contributed by atoms with Crippen molar-refractivity contribution in [2.75, 3.05) is 0 Å². The number of carboxylic acid groups (broad SMARTS) is 1. The maximum absolute atomic E-state index is 13.0. The van der Waals surface area contributed by atoms with Crippen LogP contribution < -0.4 is 0 Å². The van der Waals surface area contributed by atoms with E-state index < -0.39 is 27.8 Å². The lowest BCUT2D eigenvalue weighted by atomic mass is 10.2. The third kappa shape index (κ3) is 2.17. The molecule has 0 amide bonds. The molecule has 76 valence electrons. The SMILES string of the molecule is O=C(O)c1cc(S(=O)O)c(F)cc1Br. The van der Waals surface area contributed by atoms with Gasteiger partial charge in [-0.05, 0) is 28.1 Å². The maximum atomic E-state index is 13.0. The fourth-order valence-corrected chi connectivity index (χ4v) is 1.76. The zero-order chi connectivity index (χ0) is 10.9. The second kappa shape index (κ2) is 4.16. The summed E-state index contributed by atoms with van der Waals surface area (Å²) in [5.41, 5.74) is -0.260. The van der Waals surface area contributed by atoms with Crippen LogP contribution in [0.5, 0.6) is 0 Å². The Hall–Kier alpha value is -0.790. The van der Waals surface area contributed by atoms with Crippen LogP contribution in [0.1, 0.15) is 10.4 Å². The van der Waals surface area contributed by atoms with Crippen molar-refractivity contribution in [2.45, 2.75) is 4.90 Å². The van der Waals surface area contributed by atoms with Crippen molar-refractivity contribution in [3.05, 3.63) is 28.0 Å². The van der Waals surface area contributed by atoms with E-state index in [0.29, 0.717) is 0 Å². The van der Waals surface area contributed by atoms with Gasteiger partial charge in [-0.25, -0.2) is 13.4 Å². The number of hydrogen-bond acceptors (Lipinski definition) is 2. The van der Waals surface area contributed by atoms with Crippen molar-refractivity contribution in [1.82, 2.24) is 0 Å². The van der Waals surface area contributed by atoms with Gasteiger partial charge in [0.25, 0.3) is 0 Å². The molecule has 1 aromatic carbocycles. The van der Waals surface area contributed by atoms with Gasteiger partial charge in [-0.3, -0.25) is 0 Å². The van der Waals surface area contributed by atoms with E-state index in [1.54, 1.807) is 0 Å². The molecule has 1 unspecified atom stereocenters. The van der Waals surface area contributed by atoms with E-state index in [0.717, 1.165) is 12.1 Å². The van der Waals surface area contributed by atoms with E-state index in [-0.39, 0.29) is 10.0 Å². The Kier molecular flexibility index (Phi) is 3.35. The lowest BCUT2D eigenvalue weighted by Gasteiger charge is -2.02. The first-order valence-electron chi connectivity index (χ1n) is 3.26. The fourth-order valence-electron chi connectivity index (χ4n) is 0.827. The van der Waals surface area contributed by atoms with E-state index in [4.69, 9.17) is 9.66 Å². The highest BCUT2D eigenvalue weighted by Crippen LogP contribution is 2.22. The van der Waals surface area contributed by atoms with Gasteiger partial charge in [0.15, 0.2) is 11.1 Å². The van der Waals surface area contributed by atoms with Crippen LogP contribution in [-0.2, 0) is 11.1 Å². The zero-order valence-electron chi connectivity index (χ0n) is 6.53. The predicted octanol–water partition coefficient (Wildman–Crippen LogP) is 1.87. The summed E-state index contributed by atoms with van der Waals surface area (Å²) in [6.45, 7) is 0. The molecule has 0 aliphatic rings. The van der Waals surface area contributed by atoms with Crippen LogP contribution in [0.4, 0.5) is 4.39 Å². The Balaban J connectivity index is 3.42. The Morgan fingerprint density at radius 2 is 2.07 bits per heavy atom. The molecule has 14 heavy (non-hydrogen) atoms. The zero-order valence-corrected chi connectivity index (χ0v) is 8.93. The summed E-state index contributed by atoms with van der Waals surface area (Å²) in [5, 5.41) is 8.63. The third-order valence-electron chi connectivity index (χ3n) is 1.44. The number of carbonyl (C=O) groups is 1. The predicted molar refractivity (Wildman–Crippen MR) is 50.1 cm³/mol. The second-order valence-corrected chi connectivity index (χ2v) is 4.11. The van der Waals surface area contributed by atoms with Crippen LogP contribution in [0.15, 0.2) is 21.5 Å². The van der Waals surface area contributed by atoms with Gasteiger partial charge in [-0.1, -0.05) is 0 Å². The monoisotopic (exact) mass is 282 g/mol. The van der Waals surface area contributed by atoms with Gasteiger partial charge in [0.05, 0.1) is 5.56 Å². The molecule has 0 aromatic heterocycles. The highest BCUT2D eigenvalue weighted by molar-refractivity contribution is 9.10. The largest absolute Gasteiger partial charge is 0.478 e. The minimum absolute atomic E-state index is 0.0247. The fraction of sp³-hybridized carbons (Fsp3) is 0. The van der Waals surface area contributed by atoms with Crippen LogP contribution in [-0.4, -0.2) is 19.8 Å². The first kappa shape index (κ1) is 11.3.